The minimum absolute atomic E-state index is 0.464. The van der Waals surface area contributed by atoms with Gasteiger partial charge in [-0.25, -0.2) is 4.57 Å². The van der Waals surface area contributed by atoms with Gasteiger partial charge in [-0.15, -0.1) is 0 Å². The van der Waals surface area contributed by atoms with Crippen LogP contribution in [0.5, 0.6) is 0 Å². The van der Waals surface area contributed by atoms with Crippen molar-refractivity contribution >= 4 is 5.65 Å². The van der Waals surface area contributed by atoms with Crippen molar-refractivity contribution in [3.05, 3.63) is 30.5 Å². The lowest BCUT2D eigenvalue weighted by atomic mass is 10.5. The second kappa shape index (κ2) is 2.02. The smallest absolute Gasteiger partial charge is 0.231 e. The van der Waals surface area contributed by atoms with Gasteiger partial charge in [-0.1, -0.05) is 4.52 Å². The van der Waals surface area contributed by atoms with E-state index in [1.165, 1.54) is 10.6 Å². The molecule has 0 atom stereocenters. The molecule has 0 fully saturated rings. The Kier molecular flexibility index (Phi) is 1.15. The van der Waals surface area contributed by atoms with E-state index < -0.39 is 5.95 Å². The first kappa shape index (κ1) is 6.27. The summed E-state index contributed by atoms with van der Waals surface area (Å²) in [6, 6.07) is 3.03. The van der Waals surface area contributed by atoms with Crippen LogP contribution in [0.2, 0.25) is 0 Å². The molecule has 2 aromatic rings. The SMILES string of the molecule is C[n+]1ccn2nc(F)ccc21. The first-order valence-electron chi connectivity index (χ1n) is 3.27. The van der Waals surface area contributed by atoms with E-state index in [0.29, 0.717) is 0 Å². The molecule has 0 bridgehead atoms. The standard InChI is InChI=1S/C7H7FN3/c1-10-4-5-11-7(10)3-2-6(8)9-11/h2-5H,1H3/q+1. The van der Waals surface area contributed by atoms with Crippen molar-refractivity contribution in [2.75, 3.05) is 0 Å². The van der Waals surface area contributed by atoms with Gasteiger partial charge in [-0.3, -0.25) is 0 Å². The summed E-state index contributed by atoms with van der Waals surface area (Å²) in [6.45, 7) is 0. The summed E-state index contributed by atoms with van der Waals surface area (Å²) in [5.74, 6) is -0.464. The molecule has 3 nitrogen and oxygen atoms in total. The summed E-state index contributed by atoms with van der Waals surface area (Å²) in [5.41, 5.74) is 0.867. The number of aromatic nitrogens is 3. The average Bonchev–Trinajstić information content (AvgIpc) is 2.32. The van der Waals surface area contributed by atoms with E-state index in [9.17, 15) is 4.39 Å². The van der Waals surface area contributed by atoms with Gasteiger partial charge in [0.2, 0.25) is 0 Å². The van der Waals surface area contributed by atoms with Crippen molar-refractivity contribution < 1.29 is 8.96 Å². The van der Waals surface area contributed by atoms with Crippen LogP contribution >= 0.6 is 0 Å². The average molecular weight is 152 g/mol. The molecular formula is C7H7FN3+. The van der Waals surface area contributed by atoms with Gasteiger partial charge in [0.1, 0.15) is 6.20 Å². The summed E-state index contributed by atoms with van der Waals surface area (Å²) in [7, 11) is 1.88. The van der Waals surface area contributed by atoms with Crippen LogP contribution in [-0.4, -0.2) is 9.61 Å². The Morgan fingerprint density at radius 2 is 2.36 bits per heavy atom. The molecule has 0 aliphatic heterocycles. The zero-order valence-corrected chi connectivity index (χ0v) is 6.03. The third-order valence-electron chi connectivity index (χ3n) is 1.60. The zero-order chi connectivity index (χ0) is 7.84. The molecule has 0 amide bonds. The van der Waals surface area contributed by atoms with Gasteiger partial charge in [-0.05, 0) is 5.10 Å². The van der Waals surface area contributed by atoms with E-state index in [2.05, 4.69) is 5.10 Å². The third kappa shape index (κ3) is 0.869. The minimum atomic E-state index is -0.464. The Morgan fingerprint density at radius 3 is 3.18 bits per heavy atom. The van der Waals surface area contributed by atoms with Crippen molar-refractivity contribution in [1.29, 1.82) is 0 Å². The van der Waals surface area contributed by atoms with Crippen LogP contribution in [0.1, 0.15) is 0 Å². The predicted molar refractivity (Wildman–Crippen MR) is 36.3 cm³/mol. The van der Waals surface area contributed by atoms with Gasteiger partial charge in [0.15, 0.2) is 6.20 Å². The highest BCUT2D eigenvalue weighted by molar-refractivity contribution is 5.28. The number of aryl methyl sites for hydroxylation is 1. The van der Waals surface area contributed by atoms with E-state index >= 15 is 0 Å². The second-order valence-electron chi connectivity index (χ2n) is 2.37. The van der Waals surface area contributed by atoms with Gasteiger partial charge in [-0.2, -0.15) is 4.39 Å². The molecule has 0 aliphatic carbocycles. The predicted octanol–water partition coefficient (Wildman–Crippen LogP) is 0.298. The van der Waals surface area contributed by atoms with Crippen LogP contribution in [0.3, 0.4) is 0 Å². The van der Waals surface area contributed by atoms with Crippen molar-refractivity contribution in [3.63, 3.8) is 0 Å². The highest BCUT2D eigenvalue weighted by atomic mass is 19.1. The molecule has 0 unspecified atom stereocenters. The van der Waals surface area contributed by atoms with Crippen LogP contribution in [0.25, 0.3) is 5.65 Å². The van der Waals surface area contributed by atoms with E-state index in [1.807, 2.05) is 17.8 Å². The number of hydrogen-bond acceptors (Lipinski definition) is 1. The van der Waals surface area contributed by atoms with E-state index in [0.717, 1.165) is 5.65 Å². The highest BCUT2D eigenvalue weighted by Crippen LogP contribution is 1.96. The third-order valence-corrected chi connectivity index (χ3v) is 1.60. The maximum Gasteiger partial charge on any atom is 0.307 e. The highest BCUT2D eigenvalue weighted by Gasteiger charge is 2.06. The van der Waals surface area contributed by atoms with Gasteiger partial charge in [0.05, 0.1) is 7.05 Å². The Morgan fingerprint density at radius 1 is 1.55 bits per heavy atom. The molecule has 4 heteroatoms. The summed E-state index contributed by atoms with van der Waals surface area (Å²) < 4.78 is 15.9. The Hall–Kier alpha value is -1.45. The molecule has 2 heterocycles. The lowest BCUT2D eigenvalue weighted by Crippen LogP contribution is -2.25. The van der Waals surface area contributed by atoms with Crippen LogP contribution in [-0.2, 0) is 7.05 Å². The summed E-state index contributed by atoms with van der Waals surface area (Å²) in [6.07, 6.45) is 3.53. The van der Waals surface area contributed by atoms with Crippen molar-refractivity contribution in [2.24, 2.45) is 7.05 Å². The fourth-order valence-electron chi connectivity index (χ4n) is 1.04. The van der Waals surface area contributed by atoms with E-state index in [1.54, 1.807) is 12.3 Å². The molecule has 0 aromatic carbocycles. The first-order valence-corrected chi connectivity index (χ1v) is 3.27. The Balaban J connectivity index is 2.86. The number of fused-ring (bicyclic) bond motifs is 1. The fourth-order valence-corrected chi connectivity index (χ4v) is 1.04. The zero-order valence-electron chi connectivity index (χ0n) is 6.03. The largest absolute Gasteiger partial charge is 0.307 e. The lowest BCUT2D eigenvalue weighted by molar-refractivity contribution is -0.644. The lowest BCUT2D eigenvalue weighted by Gasteiger charge is -1.85. The van der Waals surface area contributed by atoms with Crippen molar-refractivity contribution in [2.45, 2.75) is 0 Å². The molecule has 0 aliphatic rings. The molecule has 2 rings (SSSR count). The Bertz CT molecular complexity index is 393. The second-order valence-corrected chi connectivity index (χ2v) is 2.37. The van der Waals surface area contributed by atoms with Crippen molar-refractivity contribution in [1.82, 2.24) is 9.61 Å². The maximum atomic E-state index is 12.5. The van der Waals surface area contributed by atoms with Crippen LogP contribution in [0.4, 0.5) is 4.39 Å². The van der Waals surface area contributed by atoms with Gasteiger partial charge < -0.3 is 0 Å². The van der Waals surface area contributed by atoms with Crippen LogP contribution < -0.4 is 4.57 Å². The van der Waals surface area contributed by atoms with Gasteiger partial charge in [0, 0.05) is 12.1 Å². The molecule has 2 aromatic heterocycles. The number of rotatable bonds is 0. The molecule has 56 valence electrons. The van der Waals surface area contributed by atoms with E-state index in [4.69, 9.17) is 0 Å². The van der Waals surface area contributed by atoms with Gasteiger partial charge in [0.25, 0.3) is 5.95 Å². The number of hydrogen-bond donors (Lipinski definition) is 0. The summed E-state index contributed by atoms with van der Waals surface area (Å²) >= 11 is 0. The van der Waals surface area contributed by atoms with Crippen LogP contribution in [0, 0.1) is 5.95 Å². The first-order chi connectivity index (χ1) is 5.27. The molecular weight excluding hydrogens is 145 g/mol. The maximum absolute atomic E-state index is 12.5. The molecule has 11 heavy (non-hydrogen) atoms. The fraction of sp³-hybridized carbons (Fsp3) is 0.143. The van der Waals surface area contributed by atoms with Crippen molar-refractivity contribution in [3.8, 4) is 0 Å². The molecule has 0 saturated carbocycles. The van der Waals surface area contributed by atoms with E-state index in [-0.39, 0.29) is 0 Å². The summed E-state index contributed by atoms with van der Waals surface area (Å²) in [5, 5.41) is 3.63. The number of imidazole rings is 1. The van der Waals surface area contributed by atoms with Crippen LogP contribution in [0.15, 0.2) is 24.5 Å². The molecule has 0 N–H and O–H groups in total. The normalized spacial score (nSPS) is 10.7. The number of nitrogens with zero attached hydrogens (tertiary/aromatic N) is 3. The molecule has 0 saturated heterocycles. The van der Waals surface area contributed by atoms with Gasteiger partial charge >= 0.3 is 5.65 Å². The number of halogens is 1. The topological polar surface area (TPSA) is 21.2 Å². The minimum Gasteiger partial charge on any atom is -0.231 e. The monoisotopic (exact) mass is 152 g/mol. The molecule has 0 spiro atoms. The Labute approximate surface area is 62.7 Å². The quantitative estimate of drug-likeness (QED) is 0.497. The molecule has 0 radical (unpaired) electrons. The summed E-state index contributed by atoms with van der Waals surface area (Å²) in [4.78, 5) is 0.